The van der Waals surface area contributed by atoms with Gasteiger partial charge in [0.2, 0.25) is 0 Å². The summed E-state index contributed by atoms with van der Waals surface area (Å²) in [5.74, 6) is -2.49. The van der Waals surface area contributed by atoms with Crippen molar-refractivity contribution < 1.29 is 29.3 Å². The maximum atomic E-state index is 12.4. The van der Waals surface area contributed by atoms with E-state index in [2.05, 4.69) is 0 Å². The molecule has 0 saturated carbocycles. The van der Waals surface area contributed by atoms with E-state index in [9.17, 15) is 19.0 Å². The second-order valence-electron chi connectivity index (χ2n) is 4.24. The second kappa shape index (κ2) is 6.65. The number of nitrogens with zero attached hydrogens (tertiary/aromatic N) is 1. The quantitative estimate of drug-likeness (QED) is 0.636. The van der Waals surface area contributed by atoms with Crippen LogP contribution in [0.25, 0.3) is 0 Å². The lowest BCUT2D eigenvalue weighted by Crippen LogP contribution is -2.38. The zero-order valence-corrected chi connectivity index (χ0v) is 11.7. The highest BCUT2D eigenvalue weighted by Gasteiger charge is 2.36. The van der Waals surface area contributed by atoms with Crippen LogP contribution in [0.3, 0.4) is 0 Å². The van der Waals surface area contributed by atoms with E-state index in [1.807, 2.05) is 0 Å². The molecule has 0 bridgehead atoms. The number of carboxylic acids is 2. The number of aliphatic carboxylic acids is 2. The predicted molar refractivity (Wildman–Crippen MR) is 72.0 cm³/mol. The smallest absolute Gasteiger partial charge is 0.321 e. The SMILES string of the molecule is CN(C(CCC(=O)O)C(=O)O)P(=O)(O)c1ccccc1. The van der Waals surface area contributed by atoms with Gasteiger partial charge in [0.05, 0.1) is 5.30 Å². The van der Waals surface area contributed by atoms with E-state index in [0.29, 0.717) is 0 Å². The van der Waals surface area contributed by atoms with Gasteiger partial charge in [0.15, 0.2) is 0 Å². The van der Waals surface area contributed by atoms with Crippen molar-refractivity contribution in [1.82, 2.24) is 4.67 Å². The average molecular weight is 301 g/mol. The highest BCUT2D eigenvalue weighted by molar-refractivity contribution is 7.63. The van der Waals surface area contributed by atoms with Gasteiger partial charge in [-0.3, -0.25) is 14.2 Å². The topological polar surface area (TPSA) is 115 Å². The molecule has 8 heteroatoms. The van der Waals surface area contributed by atoms with Crippen LogP contribution in [0.5, 0.6) is 0 Å². The Bertz CT molecular complexity index is 532. The molecule has 0 amide bonds. The fourth-order valence-electron chi connectivity index (χ4n) is 1.72. The number of rotatable bonds is 7. The summed E-state index contributed by atoms with van der Waals surface area (Å²) >= 11 is 0. The molecular formula is C12H16NO6P. The fraction of sp³-hybridized carbons (Fsp3) is 0.333. The first kappa shape index (κ1) is 16.4. The number of carbonyl (C=O) groups is 2. The zero-order chi connectivity index (χ0) is 15.3. The van der Waals surface area contributed by atoms with E-state index in [-0.39, 0.29) is 11.7 Å². The van der Waals surface area contributed by atoms with Gasteiger partial charge in [0.1, 0.15) is 6.04 Å². The van der Waals surface area contributed by atoms with Crippen molar-refractivity contribution in [2.45, 2.75) is 18.9 Å². The van der Waals surface area contributed by atoms with Gasteiger partial charge in [-0.2, -0.15) is 0 Å². The summed E-state index contributed by atoms with van der Waals surface area (Å²) in [6, 6.07) is 6.31. The third-order valence-corrected chi connectivity index (χ3v) is 4.99. The van der Waals surface area contributed by atoms with E-state index in [4.69, 9.17) is 10.2 Å². The number of carboxylic acid groups (broad SMARTS) is 2. The van der Waals surface area contributed by atoms with Gasteiger partial charge < -0.3 is 15.1 Å². The van der Waals surface area contributed by atoms with Crippen LogP contribution in [0.4, 0.5) is 0 Å². The molecule has 0 heterocycles. The third-order valence-electron chi connectivity index (χ3n) is 2.89. The first-order chi connectivity index (χ1) is 9.26. The van der Waals surface area contributed by atoms with Gasteiger partial charge in [0, 0.05) is 6.42 Å². The molecule has 0 radical (unpaired) electrons. The molecule has 20 heavy (non-hydrogen) atoms. The third kappa shape index (κ3) is 3.90. The maximum Gasteiger partial charge on any atom is 0.321 e. The van der Waals surface area contributed by atoms with Crippen LogP contribution in [0.1, 0.15) is 12.8 Å². The predicted octanol–water partition coefficient (Wildman–Crippen LogP) is 0.747. The molecule has 110 valence electrons. The fourth-order valence-corrected chi connectivity index (χ4v) is 3.24. The van der Waals surface area contributed by atoms with Crippen molar-refractivity contribution in [2.75, 3.05) is 7.05 Å². The molecule has 0 aliphatic rings. The van der Waals surface area contributed by atoms with Gasteiger partial charge in [0.25, 0.3) is 7.52 Å². The average Bonchev–Trinajstić information content (AvgIpc) is 2.39. The first-order valence-corrected chi connectivity index (χ1v) is 7.44. The van der Waals surface area contributed by atoms with Crippen LogP contribution < -0.4 is 5.30 Å². The second-order valence-corrected chi connectivity index (χ2v) is 6.48. The molecule has 0 aliphatic heterocycles. The lowest BCUT2D eigenvalue weighted by molar-refractivity contribution is -0.142. The van der Waals surface area contributed by atoms with Crippen LogP contribution in [0.15, 0.2) is 30.3 Å². The summed E-state index contributed by atoms with van der Waals surface area (Å²) in [4.78, 5) is 31.8. The summed E-state index contributed by atoms with van der Waals surface area (Å²) in [6.07, 6.45) is -0.644. The lowest BCUT2D eigenvalue weighted by atomic mass is 10.1. The highest BCUT2D eigenvalue weighted by Crippen LogP contribution is 2.44. The Kier molecular flexibility index (Phi) is 5.44. The number of hydrogen-bond acceptors (Lipinski definition) is 3. The molecule has 1 aromatic rings. The minimum atomic E-state index is -4.05. The Balaban J connectivity index is 2.99. The summed E-state index contributed by atoms with van der Waals surface area (Å²) in [6.45, 7) is 0. The molecule has 2 atom stereocenters. The Morgan fingerprint density at radius 3 is 2.25 bits per heavy atom. The summed E-state index contributed by atoms with van der Waals surface area (Å²) in [5.41, 5.74) is 0. The molecule has 2 unspecified atom stereocenters. The molecule has 0 aromatic heterocycles. The van der Waals surface area contributed by atoms with Crippen molar-refractivity contribution in [3.63, 3.8) is 0 Å². The van der Waals surface area contributed by atoms with E-state index in [1.54, 1.807) is 18.2 Å². The molecule has 0 spiro atoms. The van der Waals surface area contributed by atoms with Gasteiger partial charge in [-0.15, -0.1) is 0 Å². The number of likely N-dealkylation sites (N-methyl/N-ethyl adjacent to an activating group) is 1. The molecule has 3 N–H and O–H groups in total. The molecule has 0 fully saturated rings. The van der Waals surface area contributed by atoms with E-state index < -0.39 is 31.9 Å². The van der Waals surface area contributed by atoms with Crippen LogP contribution in [-0.2, 0) is 14.2 Å². The van der Waals surface area contributed by atoms with Crippen LogP contribution in [0.2, 0.25) is 0 Å². The molecule has 1 aromatic carbocycles. The van der Waals surface area contributed by atoms with Crippen LogP contribution in [-0.4, -0.2) is 44.8 Å². The molecular weight excluding hydrogens is 285 g/mol. The van der Waals surface area contributed by atoms with E-state index in [1.165, 1.54) is 19.2 Å². The first-order valence-electron chi connectivity index (χ1n) is 5.83. The standard InChI is InChI=1S/C12H16NO6P/c1-13(10(12(16)17)7-8-11(14)15)20(18,19)9-5-3-2-4-6-9/h2-6,10H,7-8H2,1H3,(H,14,15)(H,16,17)(H,18,19). The van der Waals surface area contributed by atoms with Gasteiger partial charge in [-0.1, -0.05) is 18.2 Å². The van der Waals surface area contributed by atoms with E-state index >= 15 is 0 Å². The van der Waals surface area contributed by atoms with Crippen molar-refractivity contribution in [3.05, 3.63) is 30.3 Å². The van der Waals surface area contributed by atoms with Crippen molar-refractivity contribution in [1.29, 1.82) is 0 Å². The minimum Gasteiger partial charge on any atom is -0.481 e. The number of benzene rings is 1. The normalized spacial score (nSPS) is 15.6. The largest absolute Gasteiger partial charge is 0.481 e. The van der Waals surface area contributed by atoms with Gasteiger partial charge in [-0.05, 0) is 25.6 Å². The maximum absolute atomic E-state index is 12.4. The Hall–Kier alpha value is -1.69. The number of hydrogen-bond donors (Lipinski definition) is 3. The summed E-state index contributed by atoms with van der Waals surface area (Å²) in [5, 5.41) is 17.8. The van der Waals surface area contributed by atoms with Crippen LogP contribution in [0, 0.1) is 0 Å². The Labute approximate surface area is 116 Å². The molecule has 1 rings (SSSR count). The highest BCUT2D eigenvalue weighted by atomic mass is 31.2. The van der Waals surface area contributed by atoms with Crippen molar-refractivity contribution in [2.24, 2.45) is 0 Å². The molecule has 0 saturated heterocycles. The van der Waals surface area contributed by atoms with Gasteiger partial charge in [-0.25, -0.2) is 4.67 Å². The lowest BCUT2D eigenvalue weighted by Gasteiger charge is -2.28. The van der Waals surface area contributed by atoms with E-state index in [0.717, 1.165) is 4.67 Å². The Morgan fingerprint density at radius 2 is 1.80 bits per heavy atom. The monoisotopic (exact) mass is 301 g/mol. The van der Waals surface area contributed by atoms with Crippen molar-refractivity contribution in [3.8, 4) is 0 Å². The summed E-state index contributed by atoms with van der Waals surface area (Å²) < 4.78 is 13.2. The molecule has 0 aliphatic carbocycles. The summed E-state index contributed by atoms with van der Waals surface area (Å²) in [7, 11) is -2.84. The Morgan fingerprint density at radius 1 is 1.25 bits per heavy atom. The zero-order valence-electron chi connectivity index (χ0n) is 10.8. The van der Waals surface area contributed by atoms with Gasteiger partial charge >= 0.3 is 11.9 Å². The minimum absolute atomic E-state index is 0.101. The molecule has 7 nitrogen and oxygen atoms in total. The van der Waals surface area contributed by atoms with Crippen LogP contribution >= 0.6 is 7.52 Å². The van der Waals surface area contributed by atoms with Crippen molar-refractivity contribution >= 4 is 24.8 Å².